The van der Waals surface area contributed by atoms with Gasteiger partial charge in [-0.25, -0.2) is 15.8 Å². The molecular formula is C13H24N6O. The molecule has 0 aliphatic carbocycles. The molecule has 1 fully saturated rings. The van der Waals surface area contributed by atoms with Crippen molar-refractivity contribution >= 4 is 11.6 Å². The van der Waals surface area contributed by atoms with Gasteiger partial charge in [-0.1, -0.05) is 6.92 Å². The largest absolute Gasteiger partial charge is 0.395 e. The van der Waals surface area contributed by atoms with Crippen LogP contribution >= 0.6 is 0 Å². The van der Waals surface area contributed by atoms with Crippen LogP contribution < -0.4 is 16.2 Å². The number of hydrogen-bond donors (Lipinski definition) is 3. The minimum absolute atomic E-state index is 0.217. The van der Waals surface area contributed by atoms with Crippen molar-refractivity contribution < 1.29 is 5.11 Å². The van der Waals surface area contributed by atoms with Gasteiger partial charge >= 0.3 is 0 Å². The van der Waals surface area contributed by atoms with E-state index in [1.807, 2.05) is 13.0 Å². The number of nitrogens with two attached hydrogens (primary N) is 1. The average Bonchev–Trinajstić information content (AvgIpc) is 2.73. The van der Waals surface area contributed by atoms with Crippen LogP contribution in [0.5, 0.6) is 0 Å². The number of aliphatic hydroxyl groups is 1. The van der Waals surface area contributed by atoms with E-state index in [0.29, 0.717) is 5.82 Å². The lowest BCUT2D eigenvalue weighted by Gasteiger charge is -2.23. The molecule has 20 heavy (non-hydrogen) atoms. The van der Waals surface area contributed by atoms with Crippen LogP contribution in [0.2, 0.25) is 0 Å². The second kappa shape index (κ2) is 7.37. The normalized spacial score (nSPS) is 17.1. The maximum Gasteiger partial charge on any atom is 0.145 e. The molecule has 0 bridgehead atoms. The smallest absolute Gasteiger partial charge is 0.145 e. The Bertz CT molecular complexity index is 405. The SMILES string of the molecule is CCc1nc(NN)cc(N2CCCN(CCO)CC2)n1. The first-order chi connectivity index (χ1) is 9.76. The number of nitrogens with zero attached hydrogens (tertiary/aromatic N) is 4. The van der Waals surface area contributed by atoms with Gasteiger partial charge in [0.05, 0.1) is 6.61 Å². The highest BCUT2D eigenvalue weighted by Crippen LogP contribution is 2.17. The van der Waals surface area contributed by atoms with Crippen molar-refractivity contribution in [2.75, 3.05) is 49.7 Å². The van der Waals surface area contributed by atoms with E-state index < -0.39 is 0 Å². The summed E-state index contributed by atoms with van der Waals surface area (Å²) in [7, 11) is 0. The van der Waals surface area contributed by atoms with E-state index in [-0.39, 0.29) is 6.61 Å². The highest BCUT2D eigenvalue weighted by molar-refractivity contribution is 5.49. The minimum atomic E-state index is 0.217. The van der Waals surface area contributed by atoms with Crippen LogP contribution in [0, 0.1) is 0 Å². The number of aryl methyl sites for hydroxylation is 1. The lowest BCUT2D eigenvalue weighted by molar-refractivity contribution is 0.204. The first-order valence-electron chi connectivity index (χ1n) is 7.19. The van der Waals surface area contributed by atoms with Crippen LogP contribution in [0.25, 0.3) is 0 Å². The predicted molar refractivity (Wildman–Crippen MR) is 79.6 cm³/mol. The van der Waals surface area contributed by atoms with Gasteiger partial charge in [-0.3, -0.25) is 4.90 Å². The molecule has 4 N–H and O–H groups in total. The van der Waals surface area contributed by atoms with Gasteiger partial charge in [0.1, 0.15) is 17.5 Å². The van der Waals surface area contributed by atoms with E-state index in [2.05, 4.69) is 25.2 Å². The molecule has 0 atom stereocenters. The van der Waals surface area contributed by atoms with Gasteiger partial charge in [0.25, 0.3) is 0 Å². The van der Waals surface area contributed by atoms with Crippen LogP contribution in [0.4, 0.5) is 11.6 Å². The van der Waals surface area contributed by atoms with E-state index in [4.69, 9.17) is 10.9 Å². The number of aliphatic hydroxyl groups excluding tert-OH is 1. The summed E-state index contributed by atoms with van der Waals surface area (Å²) in [5, 5.41) is 9.03. The van der Waals surface area contributed by atoms with Crippen molar-refractivity contribution in [1.29, 1.82) is 0 Å². The number of nitrogen functional groups attached to an aromatic ring is 1. The molecule has 2 rings (SSSR count). The fraction of sp³-hybridized carbons (Fsp3) is 0.692. The Morgan fingerprint density at radius 2 is 2.15 bits per heavy atom. The summed E-state index contributed by atoms with van der Waals surface area (Å²) >= 11 is 0. The van der Waals surface area contributed by atoms with E-state index in [1.165, 1.54) is 0 Å². The zero-order valence-electron chi connectivity index (χ0n) is 12.0. The maximum atomic E-state index is 9.03. The third-order valence-corrected chi connectivity index (χ3v) is 3.55. The topological polar surface area (TPSA) is 90.5 Å². The number of hydrazine groups is 1. The van der Waals surface area contributed by atoms with Crippen molar-refractivity contribution in [3.05, 3.63) is 11.9 Å². The van der Waals surface area contributed by atoms with Crippen molar-refractivity contribution in [1.82, 2.24) is 14.9 Å². The van der Waals surface area contributed by atoms with Crippen LogP contribution in [0.3, 0.4) is 0 Å². The number of rotatable bonds is 5. The van der Waals surface area contributed by atoms with Crippen molar-refractivity contribution in [2.24, 2.45) is 5.84 Å². The van der Waals surface area contributed by atoms with Gasteiger partial charge in [-0.2, -0.15) is 0 Å². The molecule has 112 valence electrons. The lowest BCUT2D eigenvalue weighted by Crippen LogP contribution is -2.33. The first kappa shape index (κ1) is 15.0. The standard InChI is InChI=1S/C13H24N6O/c1-2-11-15-12(17-14)10-13(16-11)19-5-3-4-18(6-7-19)8-9-20/h10,20H,2-9,14H2,1H3,(H,15,16,17). The van der Waals surface area contributed by atoms with Crippen molar-refractivity contribution in [2.45, 2.75) is 19.8 Å². The Morgan fingerprint density at radius 1 is 1.30 bits per heavy atom. The van der Waals surface area contributed by atoms with Crippen molar-refractivity contribution in [3.63, 3.8) is 0 Å². The molecule has 7 heteroatoms. The molecule has 0 saturated carbocycles. The molecule has 0 spiro atoms. The molecular weight excluding hydrogens is 256 g/mol. The molecule has 0 radical (unpaired) electrons. The number of hydrogen-bond acceptors (Lipinski definition) is 7. The average molecular weight is 280 g/mol. The van der Waals surface area contributed by atoms with E-state index in [9.17, 15) is 0 Å². The third-order valence-electron chi connectivity index (χ3n) is 3.55. The van der Waals surface area contributed by atoms with Gasteiger partial charge in [-0.15, -0.1) is 0 Å². The van der Waals surface area contributed by atoms with Gasteiger partial charge in [0.2, 0.25) is 0 Å². The zero-order chi connectivity index (χ0) is 14.4. The Hall–Kier alpha value is -1.44. The Morgan fingerprint density at radius 3 is 2.85 bits per heavy atom. The summed E-state index contributed by atoms with van der Waals surface area (Å²) in [4.78, 5) is 13.4. The first-order valence-corrected chi connectivity index (χ1v) is 7.19. The van der Waals surface area contributed by atoms with Crippen LogP contribution in [-0.2, 0) is 6.42 Å². The molecule has 1 aromatic heterocycles. The summed E-state index contributed by atoms with van der Waals surface area (Å²) in [6.07, 6.45) is 1.85. The number of anilines is 2. The molecule has 1 aliphatic rings. The summed E-state index contributed by atoms with van der Waals surface area (Å²) < 4.78 is 0. The van der Waals surface area contributed by atoms with E-state index >= 15 is 0 Å². The molecule has 1 aromatic rings. The predicted octanol–water partition coefficient (Wildman–Crippen LogP) is -0.171. The summed E-state index contributed by atoms with van der Waals surface area (Å²) in [5.41, 5.74) is 2.60. The highest BCUT2D eigenvalue weighted by atomic mass is 16.3. The fourth-order valence-electron chi connectivity index (χ4n) is 2.44. The molecule has 0 amide bonds. The van der Waals surface area contributed by atoms with Crippen LogP contribution in [-0.4, -0.2) is 59.3 Å². The quantitative estimate of drug-likeness (QED) is 0.509. The molecule has 2 heterocycles. The Balaban J connectivity index is 2.10. The molecule has 1 saturated heterocycles. The lowest BCUT2D eigenvalue weighted by atomic mass is 10.3. The molecule has 0 aromatic carbocycles. The summed E-state index contributed by atoms with van der Waals surface area (Å²) in [6, 6.07) is 1.89. The summed E-state index contributed by atoms with van der Waals surface area (Å²) in [5.74, 6) is 7.85. The van der Waals surface area contributed by atoms with Gasteiger partial charge in [0, 0.05) is 38.7 Å². The van der Waals surface area contributed by atoms with E-state index in [0.717, 1.165) is 57.2 Å². The number of nitrogens with one attached hydrogen (secondary N) is 1. The van der Waals surface area contributed by atoms with Gasteiger partial charge < -0.3 is 15.4 Å². The van der Waals surface area contributed by atoms with Gasteiger partial charge in [-0.05, 0) is 13.0 Å². The van der Waals surface area contributed by atoms with Crippen molar-refractivity contribution in [3.8, 4) is 0 Å². The Labute approximate surface area is 119 Å². The molecule has 0 unspecified atom stereocenters. The Kier molecular flexibility index (Phi) is 5.51. The number of aromatic nitrogens is 2. The third kappa shape index (κ3) is 3.78. The second-order valence-electron chi connectivity index (χ2n) is 4.93. The maximum absolute atomic E-state index is 9.03. The fourth-order valence-corrected chi connectivity index (χ4v) is 2.44. The minimum Gasteiger partial charge on any atom is -0.395 e. The highest BCUT2D eigenvalue weighted by Gasteiger charge is 2.16. The molecule has 1 aliphatic heterocycles. The second-order valence-corrected chi connectivity index (χ2v) is 4.93. The zero-order valence-corrected chi connectivity index (χ0v) is 12.0. The number of β-amino-alcohol motifs (C(OH)–C–C–N with tert-alkyl or cyclic N) is 1. The van der Waals surface area contributed by atoms with Crippen LogP contribution in [0.15, 0.2) is 6.07 Å². The molecule has 7 nitrogen and oxygen atoms in total. The monoisotopic (exact) mass is 280 g/mol. The van der Waals surface area contributed by atoms with E-state index in [1.54, 1.807) is 0 Å². The van der Waals surface area contributed by atoms with Crippen LogP contribution in [0.1, 0.15) is 19.2 Å². The van der Waals surface area contributed by atoms with Gasteiger partial charge in [0.15, 0.2) is 0 Å². The summed E-state index contributed by atoms with van der Waals surface area (Å²) in [6.45, 7) is 6.82.